The zero-order valence-electron chi connectivity index (χ0n) is 9.48. The minimum atomic E-state index is 0.471. The van der Waals surface area contributed by atoms with Crippen molar-refractivity contribution in [3.8, 4) is 11.6 Å². The van der Waals surface area contributed by atoms with E-state index in [-0.39, 0.29) is 0 Å². The van der Waals surface area contributed by atoms with Crippen LogP contribution in [0.25, 0.3) is 0 Å². The molecule has 3 nitrogen and oxygen atoms in total. The topological polar surface area (TPSA) is 48.1 Å². The molecule has 0 atom stereocenters. The Morgan fingerprint density at radius 1 is 1.29 bits per heavy atom. The van der Waals surface area contributed by atoms with Crippen molar-refractivity contribution in [2.75, 3.05) is 0 Å². The van der Waals surface area contributed by atoms with Crippen LogP contribution in [0.3, 0.4) is 0 Å². The van der Waals surface area contributed by atoms with Gasteiger partial charge in [0.15, 0.2) is 0 Å². The van der Waals surface area contributed by atoms with Gasteiger partial charge in [-0.1, -0.05) is 23.7 Å². The molecule has 2 aromatic rings. The number of halogens is 1. The summed E-state index contributed by atoms with van der Waals surface area (Å²) in [6, 6.07) is 9.28. The number of hydrogen-bond acceptors (Lipinski definition) is 3. The molecule has 88 valence electrons. The summed E-state index contributed by atoms with van der Waals surface area (Å²) in [7, 11) is 0. The molecule has 1 aromatic heterocycles. The number of rotatable bonds is 3. The Bertz CT molecular complexity index is 511. The molecule has 2 N–H and O–H groups in total. The second-order valence-electron chi connectivity index (χ2n) is 3.74. The third kappa shape index (κ3) is 2.96. The molecule has 1 aromatic carbocycles. The van der Waals surface area contributed by atoms with Crippen LogP contribution >= 0.6 is 11.6 Å². The molecule has 0 bridgehead atoms. The van der Waals surface area contributed by atoms with Gasteiger partial charge in [-0.3, -0.25) is 0 Å². The molecule has 17 heavy (non-hydrogen) atoms. The maximum absolute atomic E-state index is 6.07. The maximum Gasteiger partial charge on any atom is 0.219 e. The van der Waals surface area contributed by atoms with E-state index >= 15 is 0 Å². The predicted octanol–water partition coefficient (Wildman–Crippen LogP) is 3.29. The molecule has 4 heteroatoms. The van der Waals surface area contributed by atoms with Crippen molar-refractivity contribution >= 4 is 11.6 Å². The maximum atomic E-state index is 6.07. The lowest BCUT2D eigenvalue weighted by Gasteiger charge is -2.07. The van der Waals surface area contributed by atoms with Crippen molar-refractivity contribution in [2.24, 2.45) is 5.73 Å². The Morgan fingerprint density at radius 3 is 2.71 bits per heavy atom. The molecule has 0 saturated carbocycles. The highest BCUT2D eigenvalue weighted by atomic mass is 35.5. The molecule has 0 saturated heterocycles. The Hall–Kier alpha value is -1.58. The minimum absolute atomic E-state index is 0.471. The van der Waals surface area contributed by atoms with Gasteiger partial charge in [-0.15, -0.1) is 0 Å². The second kappa shape index (κ2) is 5.17. The first-order valence-corrected chi connectivity index (χ1v) is 5.66. The van der Waals surface area contributed by atoms with Crippen LogP contribution in [0.4, 0.5) is 0 Å². The van der Waals surface area contributed by atoms with Gasteiger partial charge >= 0.3 is 0 Å². The highest BCUT2D eigenvalue weighted by molar-refractivity contribution is 6.32. The van der Waals surface area contributed by atoms with Gasteiger partial charge in [-0.2, -0.15) is 0 Å². The fourth-order valence-corrected chi connectivity index (χ4v) is 1.67. The monoisotopic (exact) mass is 248 g/mol. The molecule has 1 heterocycles. The summed E-state index contributed by atoms with van der Waals surface area (Å²) in [6.45, 7) is 2.45. The van der Waals surface area contributed by atoms with Crippen molar-refractivity contribution in [2.45, 2.75) is 13.5 Å². The Balaban J connectivity index is 2.19. The Kier molecular flexibility index (Phi) is 3.61. The zero-order valence-corrected chi connectivity index (χ0v) is 10.2. The van der Waals surface area contributed by atoms with Crippen LogP contribution in [0.2, 0.25) is 5.02 Å². The third-order valence-electron chi connectivity index (χ3n) is 2.34. The summed E-state index contributed by atoms with van der Waals surface area (Å²) < 4.78 is 5.58. The summed E-state index contributed by atoms with van der Waals surface area (Å²) in [5.41, 5.74) is 7.55. The van der Waals surface area contributed by atoms with Crippen molar-refractivity contribution in [3.63, 3.8) is 0 Å². The van der Waals surface area contributed by atoms with Crippen molar-refractivity contribution in [3.05, 3.63) is 52.7 Å². The first kappa shape index (κ1) is 11.9. The van der Waals surface area contributed by atoms with E-state index in [1.54, 1.807) is 12.3 Å². The third-order valence-corrected chi connectivity index (χ3v) is 2.63. The standard InChI is InChI=1S/C13H13ClN2O/c1-9-2-4-12(11(14)6-9)17-13-5-3-10(7-15)8-16-13/h2-6,8H,7,15H2,1H3. The summed E-state index contributed by atoms with van der Waals surface area (Å²) >= 11 is 6.07. The number of aromatic nitrogens is 1. The SMILES string of the molecule is Cc1ccc(Oc2ccc(CN)cn2)c(Cl)c1. The van der Waals surface area contributed by atoms with Gasteiger partial charge in [0.2, 0.25) is 5.88 Å². The summed E-state index contributed by atoms with van der Waals surface area (Å²) in [4.78, 5) is 4.15. The lowest BCUT2D eigenvalue weighted by Crippen LogP contribution is -1.97. The second-order valence-corrected chi connectivity index (χ2v) is 4.15. The number of ether oxygens (including phenoxy) is 1. The number of nitrogens with two attached hydrogens (primary N) is 1. The van der Waals surface area contributed by atoms with E-state index in [1.807, 2.05) is 31.2 Å². The van der Waals surface area contributed by atoms with Crippen LogP contribution in [0.1, 0.15) is 11.1 Å². The smallest absolute Gasteiger partial charge is 0.219 e. The molecule has 0 amide bonds. The van der Waals surface area contributed by atoms with Gasteiger partial charge in [0.25, 0.3) is 0 Å². The number of nitrogens with zero attached hydrogens (tertiary/aromatic N) is 1. The van der Waals surface area contributed by atoms with Crippen molar-refractivity contribution in [1.29, 1.82) is 0 Å². The van der Waals surface area contributed by atoms with E-state index < -0.39 is 0 Å². The molecule has 2 rings (SSSR count). The van der Waals surface area contributed by atoms with Crippen LogP contribution < -0.4 is 10.5 Å². The fraction of sp³-hybridized carbons (Fsp3) is 0.154. The van der Waals surface area contributed by atoms with E-state index in [9.17, 15) is 0 Å². The van der Waals surface area contributed by atoms with Crippen molar-refractivity contribution < 1.29 is 4.74 Å². The highest BCUT2D eigenvalue weighted by Gasteiger charge is 2.04. The molecule has 0 radical (unpaired) electrons. The molecule has 0 unspecified atom stereocenters. The Labute approximate surface area is 105 Å². The normalized spacial score (nSPS) is 10.3. The summed E-state index contributed by atoms with van der Waals surface area (Å²) in [5.74, 6) is 1.11. The average molecular weight is 249 g/mol. The zero-order chi connectivity index (χ0) is 12.3. The molecule has 0 aliphatic rings. The lowest BCUT2D eigenvalue weighted by atomic mass is 10.2. The molecule has 0 fully saturated rings. The van der Waals surface area contributed by atoms with Gasteiger partial charge in [-0.25, -0.2) is 4.98 Å². The number of hydrogen-bond donors (Lipinski definition) is 1. The van der Waals surface area contributed by atoms with Crippen LogP contribution in [0.15, 0.2) is 36.5 Å². The first-order valence-electron chi connectivity index (χ1n) is 5.28. The van der Waals surface area contributed by atoms with Crippen LogP contribution in [0, 0.1) is 6.92 Å². The Morgan fingerprint density at radius 2 is 2.12 bits per heavy atom. The fourth-order valence-electron chi connectivity index (χ4n) is 1.39. The van der Waals surface area contributed by atoms with Crippen LogP contribution in [-0.4, -0.2) is 4.98 Å². The lowest BCUT2D eigenvalue weighted by molar-refractivity contribution is 0.462. The van der Waals surface area contributed by atoms with Gasteiger partial charge in [-0.05, 0) is 30.2 Å². The molecule has 0 aliphatic carbocycles. The number of benzene rings is 1. The van der Waals surface area contributed by atoms with Crippen LogP contribution in [-0.2, 0) is 6.54 Å². The van der Waals surface area contributed by atoms with E-state index in [4.69, 9.17) is 22.1 Å². The molecular formula is C13H13ClN2O. The number of pyridine rings is 1. The molecular weight excluding hydrogens is 236 g/mol. The van der Waals surface area contributed by atoms with Gasteiger partial charge < -0.3 is 10.5 Å². The van der Waals surface area contributed by atoms with E-state index in [0.717, 1.165) is 11.1 Å². The van der Waals surface area contributed by atoms with Gasteiger partial charge in [0.1, 0.15) is 5.75 Å². The summed E-state index contributed by atoms with van der Waals surface area (Å²) in [6.07, 6.45) is 1.69. The first-order chi connectivity index (χ1) is 8.19. The van der Waals surface area contributed by atoms with Crippen molar-refractivity contribution in [1.82, 2.24) is 4.98 Å². The van der Waals surface area contributed by atoms with Gasteiger partial charge in [0, 0.05) is 18.8 Å². The predicted molar refractivity (Wildman–Crippen MR) is 68.4 cm³/mol. The van der Waals surface area contributed by atoms with E-state index in [0.29, 0.717) is 23.2 Å². The average Bonchev–Trinajstić information content (AvgIpc) is 2.34. The summed E-state index contributed by atoms with van der Waals surface area (Å²) in [5, 5.41) is 0.578. The minimum Gasteiger partial charge on any atom is -0.437 e. The number of aryl methyl sites for hydroxylation is 1. The molecule has 0 aliphatic heterocycles. The van der Waals surface area contributed by atoms with E-state index in [2.05, 4.69) is 4.98 Å². The quantitative estimate of drug-likeness (QED) is 0.907. The van der Waals surface area contributed by atoms with Gasteiger partial charge in [0.05, 0.1) is 5.02 Å². The van der Waals surface area contributed by atoms with E-state index in [1.165, 1.54) is 0 Å². The van der Waals surface area contributed by atoms with Crippen LogP contribution in [0.5, 0.6) is 11.6 Å². The largest absolute Gasteiger partial charge is 0.437 e. The molecule has 0 spiro atoms. The highest BCUT2D eigenvalue weighted by Crippen LogP contribution is 2.28.